The summed E-state index contributed by atoms with van der Waals surface area (Å²) in [5.74, 6) is 0.566. The summed E-state index contributed by atoms with van der Waals surface area (Å²) in [7, 11) is -3.22. The highest BCUT2D eigenvalue weighted by molar-refractivity contribution is 7.89. The van der Waals surface area contributed by atoms with E-state index in [1.54, 1.807) is 0 Å². The number of fused-ring (bicyclic) bond motifs is 1. The molecule has 3 aromatic rings. The van der Waals surface area contributed by atoms with Gasteiger partial charge in [0.2, 0.25) is 15.9 Å². The minimum atomic E-state index is -3.22. The van der Waals surface area contributed by atoms with E-state index in [1.165, 1.54) is 4.31 Å². The molecule has 9 heteroatoms. The Balaban J connectivity index is 1.40. The molecule has 2 heterocycles. The van der Waals surface area contributed by atoms with Crippen LogP contribution in [0, 0.1) is 5.92 Å². The van der Waals surface area contributed by atoms with Crippen LogP contribution < -0.4 is 5.32 Å². The van der Waals surface area contributed by atoms with Crippen molar-refractivity contribution in [3.05, 3.63) is 47.5 Å². The highest BCUT2D eigenvalue weighted by atomic mass is 35.5. The third kappa shape index (κ3) is 4.98. The Kier molecular flexibility index (Phi) is 6.83. The van der Waals surface area contributed by atoms with E-state index in [0.717, 1.165) is 23.0 Å². The predicted octanol–water partition coefficient (Wildman–Crippen LogP) is 4.66. The molecular weight excluding hydrogens is 448 g/mol. The summed E-state index contributed by atoms with van der Waals surface area (Å²) in [6.45, 7) is 2.76. The number of sulfonamides is 1. The fourth-order valence-electron chi connectivity index (χ4n) is 3.96. The van der Waals surface area contributed by atoms with Crippen LogP contribution >= 0.6 is 11.6 Å². The summed E-state index contributed by atoms with van der Waals surface area (Å²) < 4.78 is 26.3. The summed E-state index contributed by atoms with van der Waals surface area (Å²) in [4.78, 5) is 20.6. The second-order valence-electron chi connectivity index (χ2n) is 8.13. The smallest absolute Gasteiger partial charge is 0.227 e. The van der Waals surface area contributed by atoms with Gasteiger partial charge in [-0.05, 0) is 49.6 Å². The number of carbonyl (C=O) groups is 1. The molecule has 1 aliphatic heterocycles. The zero-order chi connectivity index (χ0) is 22.7. The molecule has 0 aliphatic carbocycles. The van der Waals surface area contributed by atoms with Crippen LogP contribution in [0.1, 0.15) is 32.6 Å². The second-order valence-corrected chi connectivity index (χ2v) is 10.6. The maximum atomic E-state index is 12.8. The molecule has 0 unspecified atom stereocenters. The molecule has 1 saturated heterocycles. The van der Waals surface area contributed by atoms with Gasteiger partial charge in [0, 0.05) is 30.3 Å². The van der Waals surface area contributed by atoms with E-state index in [-0.39, 0.29) is 17.6 Å². The first kappa shape index (κ1) is 22.8. The number of hydrogen-bond donors (Lipinski definition) is 2. The minimum Gasteiger partial charge on any atom is -0.338 e. The number of carbonyl (C=O) groups excluding carboxylic acids is 1. The number of anilines is 1. The number of nitrogens with one attached hydrogen (secondary N) is 2. The fraction of sp³-hybridized carbons (Fsp3) is 0.391. The molecule has 0 atom stereocenters. The number of halogens is 1. The number of aromatic amines is 1. The van der Waals surface area contributed by atoms with Gasteiger partial charge in [-0.3, -0.25) is 4.79 Å². The summed E-state index contributed by atoms with van der Waals surface area (Å²) in [5, 5.41) is 3.59. The summed E-state index contributed by atoms with van der Waals surface area (Å²) in [6, 6.07) is 13.0. The highest BCUT2D eigenvalue weighted by Gasteiger charge is 2.30. The number of piperidine rings is 1. The lowest BCUT2D eigenvalue weighted by Gasteiger charge is -2.30. The molecule has 0 radical (unpaired) electrons. The Morgan fingerprint density at radius 2 is 1.97 bits per heavy atom. The topological polar surface area (TPSA) is 95.2 Å². The van der Waals surface area contributed by atoms with Gasteiger partial charge in [-0.15, -0.1) is 0 Å². The maximum Gasteiger partial charge on any atom is 0.227 e. The Bertz CT molecular complexity index is 1220. The van der Waals surface area contributed by atoms with Crippen LogP contribution in [0.4, 0.5) is 5.69 Å². The summed E-state index contributed by atoms with van der Waals surface area (Å²) in [5.41, 5.74) is 3.07. The summed E-state index contributed by atoms with van der Waals surface area (Å²) >= 11 is 6.28. The standard InChI is InChI=1S/C23H27ClN4O3S/c1-2-3-14-32(30,31)28-12-10-16(11-13-28)23(29)25-17-8-9-20-21(15-17)27-22(26-20)18-6-4-5-7-19(18)24/h4-9,15-16H,2-3,10-14H2,1H3,(H,25,29)(H,26,27). The van der Waals surface area contributed by atoms with Crippen molar-refractivity contribution in [2.75, 3.05) is 24.2 Å². The number of benzene rings is 2. The molecular formula is C23H27ClN4O3S. The molecule has 1 amide bonds. The molecule has 1 aliphatic rings. The maximum absolute atomic E-state index is 12.8. The lowest BCUT2D eigenvalue weighted by atomic mass is 9.97. The molecule has 170 valence electrons. The normalized spacial score (nSPS) is 15.8. The number of aromatic nitrogens is 2. The number of nitrogens with zero attached hydrogens (tertiary/aromatic N) is 2. The van der Waals surface area contributed by atoms with Crippen LogP contribution in [0.25, 0.3) is 22.4 Å². The van der Waals surface area contributed by atoms with Crippen molar-refractivity contribution in [3.8, 4) is 11.4 Å². The second kappa shape index (κ2) is 9.60. The van der Waals surface area contributed by atoms with Gasteiger partial charge < -0.3 is 10.3 Å². The van der Waals surface area contributed by atoms with Crippen LogP contribution in [-0.4, -0.2) is 47.4 Å². The number of unbranched alkanes of at least 4 members (excludes halogenated alkanes) is 1. The van der Waals surface area contributed by atoms with Gasteiger partial charge in [0.1, 0.15) is 5.82 Å². The van der Waals surface area contributed by atoms with E-state index < -0.39 is 10.0 Å². The zero-order valence-electron chi connectivity index (χ0n) is 18.0. The average Bonchev–Trinajstić information content (AvgIpc) is 3.21. The molecule has 2 N–H and O–H groups in total. The largest absolute Gasteiger partial charge is 0.338 e. The first-order valence-electron chi connectivity index (χ1n) is 10.9. The minimum absolute atomic E-state index is 0.0826. The Morgan fingerprint density at radius 1 is 1.22 bits per heavy atom. The molecule has 1 aromatic heterocycles. The van der Waals surface area contributed by atoms with E-state index in [2.05, 4.69) is 15.3 Å². The Hall–Kier alpha value is -2.42. The van der Waals surface area contributed by atoms with E-state index in [0.29, 0.717) is 48.9 Å². The van der Waals surface area contributed by atoms with Gasteiger partial charge in [0.25, 0.3) is 0 Å². The van der Waals surface area contributed by atoms with Crippen molar-refractivity contribution in [2.24, 2.45) is 5.92 Å². The third-order valence-electron chi connectivity index (χ3n) is 5.85. The van der Waals surface area contributed by atoms with Crippen molar-refractivity contribution < 1.29 is 13.2 Å². The lowest BCUT2D eigenvalue weighted by Crippen LogP contribution is -2.42. The van der Waals surface area contributed by atoms with Gasteiger partial charge in [0.15, 0.2) is 0 Å². The molecule has 4 rings (SSSR count). The Labute approximate surface area is 193 Å². The summed E-state index contributed by atoms with van der Waals surface area (Å²) in [6.07, 6.45) is 2.57. The van der Waals surface area contributed by atoms with Crippen molar-refractivity contribution in [3.63, 3.8) is 0 Å². The van der Waals surface area contributed by atoms with Crippen LogP contribution in [-0.2, 0) is 14.8 Å². The third-order valence-corrected chi connectivity index (χ3v) is 8.14. The van der Waals surface area contributed by atoms with E-state index in [4.69, 9.17) is 11.6 Å². The predicted molar refractivity (Wildman–Crippen MR) is 128 cm³/mol. The quantitative estimate of drug-likeness (QED) is 0.520. The molecule has 2 aromatic carbocycles. The lowest BCUT2D eigenvalue weighted by molar-refractivity contribution is -0.120. The number of H-pyrrole nitrogens is 1. The zero-order valence-corrected chi connectivity index (χ0v) is 19.5. The highest BCUT2D eigenvalue weighted by Crippen LogP contribution is 2.28. The van der Waals surface area contributed by atoms with Gasteiger partial charge in [-0.2, -0.15) is 0 Å². The fourth-order valence-corrected chi connectivity index (χ4v) is 5.87. The van der Waals surface area contributed by atoms with Gasteiger partial charge in [0.05, 0.1) is 21.8 Å². The number of imidazole rings is 1. The van der Waals surface area contributed by atoms with Crippen molar-refractivity contribution in [1.82, 2.24) is 14.3 Å². The van der Waals surface area contributed by atoms with Crippen molar-refractivity contribution in [1.29, 1.82) is 0 Å². The monoisotopic (exact) mass is 474 g/mol. The molecule has 7 nitrogen and oxygen atoms in total. The molecule has 0 saturated carbocycles. The van der Waals surface area contributed by atoms with Gasteiger partial charge in [-0.1, -0.05) is 37.1 Å². The molecule has 32 heavy (non-hydrogen) atoms. The van der Waals surface area contributed by atoms with E-state index in [1.807, 2.05) is 49.4 Å². The average molecular weight is 475 g/mol. The number of rotatable bonds is 7. The van der Waals surface area contributed by atoms with Crippen molar-refractivity contribution >= 4 is 44.3 Å². The van der Waals surface area contributed by atoms with E-state index >= 15 is 0 Å². The SMILES string of the molecule is CCCCS(=O)(=O)N1CCC(C(=O)Nc2ccc3nc(-c4ccccc4Cl)[nH]c3c2)CC1. The number of amides is 1. The molecule has 1 fully saturated rings. The Morgan fingerprint density at radius 3 is 2.69 bits per heavy atom. The first-order chi connectivity index (χ1) is 15.4. The van der Waals surface area contributed by atoms with E-state index in [9.17, 15) is 13.2 Å². The van der Waals surface area contributed by atoms with Crippen LogP contribution in [0.2, 0.25) is 5.02 Å². The molecule has 0 bridgehead atoms. The van der Waals surface area contributed by atoms with Gasteiger partial charge >= 0.3 is 0 Å². The van der Waals surface area contributed by atoms with Crippen molar-refractivity contribution in [2.45, 2.75) is 32.6 Å². The first-order valence-corrected chi connectivity index (χ1v) is 12.9. The number of hydrogen-bond acceptors (Lipinski definition) is 4. The van der Waals surface area contributed by atoms with Gasteiger partial charge in [-0.25, -0.2) is 17.7 Å². The van der Waals surface area contributed by atoms with Crippen LogP contribution in [0.3, 0.4) is 0 Å². The van der Waals surface area contributed by atoms with Crippen LogP contribution in [0.5, 0.6) is 0 Å². The molecule has 0 spiro atoms. The van der Waals surface area contributed by atoms with Crippen LogP contribution in [0.15, 0.2) is 42.5 Å².